The Balaban J connectivity index is 1.68. The number of carbonyl (C=O) groups is 3. The number of fused-ring (bicyclic) bond motifs is 1. The van der Waals surface area contributed by atoms with Crippen molar-refractivity contribution in [1.82, 2.24) is 4.98 Å². The fourth-order valence-corrected chi connectivity index (χ4v) is 7.86. The molecular formula is C38H46N2O11S. The SMILES string of the molecule is CO[C@H]1C=CO[C@@]2(C)Oc3c(C)c(O)c4c(O)c(c5scnc5c4c3C2=O)NC(=O)/C(C)=C\C=C/[C@H](C)[C@H](O)[C@@H](C)[C@@H](O)[C@@H](C)[C@H](OC(C)=O)[C@@H]1C. The number of hydrogen-bond donors (Lipinski definition) is 5. The fraction of sp³-hybridized carbons (Fsp3) is 0.474. The van der Waals surface area contributed by atoms with Gasteiger partial charge >= 0.3 is 11.8 Å². The molecule has 3 heterocycles. The summed E-state index contributed by atoms with van der Waals surface area (Å²) in [5.74, 6) is -6.74. The zero-order valence-corrected chi connectivity index (χ0v) is 31.4. The van der Waals surface area contributed by atoms with Gasteiger partial charge in [0, 0.05) is 61.2 Å². The molecule has 5 rings (SSSR count). The molecule has 1 aromatic heterocycles. The normalized spacial score (nSPS) is 31.9. The van der Waals surface area contributed by atoms with Crippen molar-refractivity contribution >= 4 is 55.7 Å². The number of allylic oxidation sites excluding steroid dienone is 2. The molecule has 280 valence electrons. The number of aliphatic hydroxyl groups excluding tert-OH is 2. The maximum atomic E-state index is 14.2. The molecule has 3 aromatic rings. The maximum Gasteiger partial charge on any atom is 0.312 e. The second-order valence-electron chi connectivity index (χ2n) is 13.9. The third-order valence-corrected chi connectivity index (χ3v) is 11.1. The second-order valence-corrected chi connectivity index (χ2v) is 14.7. The first-order chi connectivity index (χ1) is 24.4. The predicted octanol–water partition coefficient (Wildman–Crippen LogP) is 5.66. The van der Waals surface area contributed by atoms with Crippen molar-refractivity contribution in [2.45, 2.75) is 85.6 Å². The molecule has 13 nitrogen and oxygen atoms in total. The third-order valence-electron chi connectivity index (χ3n) is 10.3. The number of rotatable bonds is 2. The smallest absolute Gasteiger partial charge is 0.312 e. The van der Waals surface area contributed by atoms with Gasteiger partial charge in [-0.05, 0) is 19.9 Å². The van der Waals surface area contributed by atoms with Crippen molar-refractivity contribution in [1.29, 1.82) is 0 Å². The molecule has 52 heavy (non-hydrogen) atoms. The Morgan fingerprint density at radius 3 is 2.35 bits per heavy atom. The van der Waals surface area contributed by atoms with Crippen LogP contribution in [0.5, 0.6) is 17.2 Å². The molecule has 0 radical (unpaired) electrons. The number of carbonyl (C=O) groups excluding carboxylic acids is 3. The van der Waals surface area contributed by atoms with Crippen LogP contribution >= 0.6 is 11.3 Å². The minimum absolute atomic E-state index is 0.0108. The minimum Gasteiger partial charge on any atom is -0.507 e. The first-order valence-corrected chi connectivity index (χ1v) is 17.9. The predicted molar refractivity (Wildman–Crippen MR) is 195 cm³/mol. The number of anilines is 1. The van der Waals surface area contributed by atoms with Crippen molar-refractivity contribution in [3.63, 3.8) is 0 Å². The topological polar surface area (TPSA) is 194 Å². The second kappa shape index (κ2) is 14.9. The molecule has 1 amide bonds. The van der Waals surface area contributed by atoms with E-state index in [9.17, 15) is 34.8 Å². The number of aliphatic hydroxyl groups is 2. The van der Waals surface area contributed by atoms with E-state index in [1.807, 2.05) is 0 Å². The highest BCUT2D eigenvalue weighted by Gasteiger charge is 2.49. The van der Waals surface area contributed by atoms with Crippen molar-refractivity contribution in [2.75, 3.05) is 12.4 Å². The van der Waals surface area contributed by atoms with Crippen LogP contribution in [0.4, 0.5) is 5.69 Å². The van der Waals surface area contributed by atoms with Gasteiger partial charge in [-0.15, -0.1) is 11.3 Å². The van der Waals surface area contributed by atoms with Crippen LogP contribution in [0, 0.1) is 30.6 Å². The number of ketones is 1. The fourth-order valence-electron chi connectivity index (χ4n) is 7.06. The number of Topliss-reactive ketones (excluding diaryl/α,β-unsaturated/α-hetero) is 1. The number of hydrogen-bond acceptors (Lipinski definition) is 13. The number of nitrogens with zero attached hydrogens (tertiary/aromatic N) is 1. The molecular weight excluding hydrogens is 692 g/mol. The Hall–Kier alpha value is -4.50. The molecule has 0 fully saturated rings. The van der Waals surface area contributed by atoms with Crippen molar-refractivity contribution in [3.8, 4) is 17.2 Å². The lowest BCUT2D eigenvalue weighted by molar-refractivity contribution is -0.160. The highest BCUT2D eigenvalue weighted by molar-refractivity contribution is 7.17. The van der Waals surface area contributed by atoms with Gasteiger partial charge in [0.05, 0.1) is 51.3 Å². The summed E-state index contributed by atoms with van der Waals surface area (Å²) >= 11 is 1.13. The highest BCUT2D eigenvalue weighted by Crippen LogP contribution is 2.54. The summed E-state index contributed by atoms with van der Waals surface area (Å²) in [7, 11) is 1.46. The van der Waals surface area contributed by atoms with Crippen LogP contribution in [0.3, 0.4) is 0 Å². The number of phenolic OH excluding ortho intramolecular Hbond substituents is 2. The van der Waals surface area contributed by atoms with Gasteiger partial charge in [-0.3, -0.25) is 14.4 Å². The average Bonchev–Trinajstić information content (AvgIpc) is 3.69. The molecule has 4 bridgehead atoms. The lowest BCUT2D eigenvalue weighted by atomic mass is 9.78. The number of amides is 1. The van der Waals surface area contributed by atoms with Gasteiger partial charge in [0.1, 0.15) is 23.3 Å². The number of phenols is 2. The van der Waals surface area contributed by atoms with E-state index in [-0.39, 0.29) is 50.2 Å². The lowest BCUT2D eigenvalue weighted by Gasteiger charge is -2.38. The average molecular weight is 739 g/mol. The first kappa shape index (κ1) is 38.7. The van der Waals surface area contributed by atoms with Crippen LogP contribution in [0.25, 0.3) is 21.0 Å². The molecule has 2 aromatic carbocycles. The lowest BCUT2D eigenvalue weighted by Crippen LogP contribution is -2.46. The molecule has 0 saturated heterocycles. The van der Waals surface area contributed by atoms with Crippen molar-refractivity contribution in [2.24, 2.45) is 23.7 Å². The molecule has 9 atom stereocenters. The zero-order valence-electron chi connectivity index (χ0n) is 30.6. The zero-order chi connectivity index (χ0) is 38.4. The summed E-state index contributed by atoms with van der Waals surface area (Å²) in [5.41, 5.74) is 2.23. The Morgan fingerprint density at radius 1 is 1.00 bits per heavy atom. The molecule has 14 heteroatoms. The van der Waals surface area contributed by atoms with Crippen LogP contribution in [0.1, 0.15) is 64.4 Å². The summed E-state index contributed by atoms with van der Waals surface area (Å²) in [5, 5.41) is 48.5. The molecule has 5 N–H and O–H groups in total. The standard InChI is InChI=1S/C38H46N2O11S/c1-16-11-10-12-17(2)37(47)40-28-32(45)25-24(27-35(28)52-15-39-27)26-34(21(6)31(25)44)51-38(8,36(26)46)49-14-13-23(48-9)18(3)33(50-22(7)41)20(5)30(43)19(4)29(16)42/h10-16,18-20,23,29-30,33,42-45H,1-9H3,(H,40,47)/b11-10-,14-13?,17-12-/t16-,18+,19+,20+,23-,29-,30+,33+,38-/m0/s1. The number of esters is 1. The van der Waals surface area contributed by atoms with E-state index < -0.39 is 77.3 Å². The van der Waals surface area contributed by atoms with Gasteiger partial charge in [0.25, 0.3) is 11.7 Å². The number of ether oxygens (including phenoxy) is 4. The van der Waals surface area contributed by atoms with E-state index >= 15 is 0 Å². The molecule has 0 aliphatic carbocycles. The van der Waals surface area contributed by atoms with Gasteiger partial charge in [-0.1, -0.05) is 45.9 Å². The van der Waals surface area contributed by atoms with E-state index in [4.69, 9.17) is 18.9 Å². The summed E-state index contributed by atoms with van der Waals surface area (Å²) in [6, 6.07) is 0. The Morgan fingerprint density at radius 2 is 1.69 bits per heavy atom. The Bertz CT molecular complexity index is 2000. The van der Waals surface area contributed by atoms with Crippen LogP contribution in [-0.4, -0.2) is 80.4 Å². The molecule has 0 spiro atoms. The number of thiazole rings is 1. The number of nitrogens with one attached hydrogen (secondary N) is 1. The van der Waals surface area contributed by atoms with Gasteiger partial charge in [0.2, 0.25) is 0 Å². The highest BCUT2D eigenvalue weighted by atomic mass is 32.1. The van der Waals surface area contributed by atoms with Crippen LogP contribution in [0.2, 0.25) is 0 Å². The number of aromatic nitrogens is 1. The van der Waals surface area contributed by atoms with Gasteiger partial charge in [0.15, 0.2) is 5.75 Å². The van der Waals surface area contributed by atoms with Crippen LogP contribution in [0.15, 0.2) is 41.6 Å². The van der Waals surface area contributed by atoms with Gasteiger partial charge in [-0.2, -0.15) is 0 Å². The van der Waals surface area contributed by atoms with Gasteiger partial charge in [-0.25, -0.2) is 4.98 Å². The molecule has 2 aliphatic heterocycles. The number of aromatic hydroxyl groups is 2. The van der Waals surface area contributed by atoms with E-state index in [0.717, 1.165) is 11.3 Å². The summed E-state index contributed by atoms with van der Waals surface area (Å²) in [6.07, 6.45) is 3.93. The van der Waals surface area contributed by atoms with E-state index in [1.165, 1.54) is 45.7 Å². The molecule has 0 unspecified atom stereocenters. The van der Waals surface area contributed by atoms with E-state index in [1.54, 1.807) is 52.8 Å². The maximum absolute atomic E-state index is 14.2. The van der Waals surface area contributed by atoms with E-state index in [2.05, 4.69) is 10.3 Å². The van der Waals surface area contributed by atoms with Crippen LogP contribution in [-0.2, 0) is 23.8 Å². The molecule has 2 aliphatic rings. The first-order valence-electron chi connectivity index (χ1n) is 17.0. The van der Waals surface area contributed by atoms with Gasteiger partial charge < -0.3 is 44.7 Å². The number of benzene rings is 2. The minimum atomic E-state index is -1.92. The van der Waals surface area contributed by atoms with Crippen LogP contribution < -0.4 is 10.1 Å². The summed E-state index contributed by atoms with van der Waals surface area (Å²) < 4.78 is 23.9. The van der Waals surface area contributed by atoms with Crippen molar-refractivity contribution < 1.29 is 53.8 Å². The molecule has 0 saturated carbocycles. The van der Waals surface area contributed by atoms with E-state index in [0.29, 0.717) is 4.70 Å². The monoisotopic (exact) mass is 738 g/mol. The quantitative estimate of drug-likeness (QED) is 0.160. The summed E-state index contributed by atoms with van der Waals surface area (Å²) in [4.78, 5) is 44.4. The largest absolute Gasteiger partial charge is 0.507 e. The van der Waals surface area contributed by atoms with Crippen molar-refractivity contribution in [3.05, 3.63) is 52.8 Å². The Labute approximate surface area is 305 Å². The number of methoxy groups -OCH3 is 1. The third kappa shape index (κ3) is 6.75. The Kier molecular flexibility index (Phi) is 11.1. The summed E-state index contributed by atoms with van der Waals surface area (Å²) in [6.45, 7) is 12.8.